The number of hydrogen-bond donors (Lipinski definition) is 2. The van der Waals surface area contributed by atoms with Gasteiger partial charge in [0.25, 0.3) is 5.92 Å². The van der Waals surface area contributed by atoms with Crippen molar-refractivity contribution in [2.75, 3.05) is 18.5 Å². The van der Waals surface area contributed by atoms with Crippen molar-refractivity contribution in [3.63, 3.8) is 0 Å². The van der Waals surface area contributed by atoms with Gasteiger partial charge in [-0.1, -0.05) is 11.6 Å². The second kappa shape index (κ2) is 4.52. The van der Waals surface area contributed by atoms with E-state index in [1.165, 1.54) is 18.3 Å². The van der Waals surface area contributed by atoms with Gasteiger partial charge in [0, 0.05) is 11.9 Å². The van der Waals surface area contributed by atoms with Gasteiger partial charge in [0.05, 0.1) is 6.54 Å². The molecule has 0 fully saturated rings. The zero-order chi connectivity index (χ0) is 10.6. The summed E-state index contributed by atoms with van der Waals surface area (Å²) in [6.45, 7) is -1.82. The molecule has 0 amide bonds. The maximum absolute atomic E-state index is 12.6. The Morgan fingerprint density at radius 2 is 2.29 bits per heavy atom. The summed E-state index contributed by atoms with van der Waals surface area (Å²) in [5.74, 6) is -3.13. The second-order valence-electron chi connectivity index (χ2n) is 2.73. The molecule has 0 aliphatic carbocycles. The summed E-state index contributed by atoms with van der Waals surface area (Å²) < 4.78 is 25.2. The van der Waals surface area contributed by atoms with Gasteiger partial charge in [-0.25, -0.2) is 13.8 Å². The number of aliphatic hydroxyl groups excluding tert-OH is 1. The lowest BCUT2D eigenvalue weighted by molar-refractivity contribution is -0.0372. The van der Waals surface area contributed by atoms with Crippen LogP contribution in [0.5, 0.6) is 0 Å². The summed E-state index contributed by atoms with van der Waals surface area (Å²) in [7, 11) is 0. The van der Waals surface area contributed by atoms with Gasteiger partial charge in [0.1, 0.15) is 11.8 Å². The number of halogens is 3. The molecule has 0 aromatic carbocycles. The Morgan fingerprint density at radius 3 is 2.86 bits per heavy atom. The third-order valence-corrected chi connectivity index (χ3v) is 1.72. The molecule has 2 N–H and O–H groups in total. The van der Waals surface area contributed by atoms with E-state index in [2.05, 4.69) is 10.3 Å². The number of aliphatic hydroxyl groups is 1. The summed E-state index contributed by atoms with van der Waals surface area (Å²) in [5.41, 5.74) is 0.443. The van der Waals surface area contributed by atoms with E-state index in [4.69, 9.17) is 16.7 Å². The molecule has 0 aliphatic rings. The summed E-state index contributed by atoms with van der Waals surface area (Å²) in [6.07, 6.45) is 1.40. The first-order chi connectivity index (χ1) is 6.53. The van der Waals surface area contributed by atoms with Gasteiger partial charge in [-0.3, -0.25) is 0 Å². The minimum absolute atomic E-state index is 0.224. The van der Waals surface area contributed by atoms with Crippen LogP contribution < -0.4 is 5.32 Å². The molecule has 0 aliphatic heterocycles. The zero-order valence-electron chi connectivity index (χ0n) is 7.17. The van der Waals surface area contributed by atoms with Crippen molar-refractivity contribution in [1.29, 1.82) is 0 Å². The van der Waals surface area contributed by atoms with Crippen molar-refractivity contribution in [3.8, 4) is 0 Å². The molecule has 78 valence electrons. The topological polar surface area (TPSA) is 45.1 Å². The highest BCUT2D eigenvalue weighted by Gasteiger charge is 2.27. The Hall–Kier alpha value is -0.940. The van der Waals surface area contributed by atoms with Crippen molar-refractivity contribution >= 4 is 17.3 Å². The van der Waals surface area contributed by atoms with E-state index in [-0.39, 0.29) is 5.15 Å². The molecule has 0 saturated carbocycles. The lowest BCUT2D eigenvalue weighted by atomic mass is 10.3. The van der Waals surface area contributed by atoms with E-state index in [9.17, 15) is 8.78 Å². The standard InChI is InChI=1S/C8H9ClF2N2O/c9-7-3-6(1-2-12-7)13-4-8(10,11)5-14/h1-3,14H,4-5H2,(H,12,13). The normalized spacial score (nSPS) is 11.4. The molecule has 0 saturated heterocycles. The molecule has 6 heteroatoms. The van der Waals surface area contributed by atoms with Crippen LogP contribution >= 0.6 is 11.6 Å². The van der Waals surface area contributed by atoms with Crippen molar-refractivity contribution in [1.82, 2.24) is 4.98 Å². The van der Waals surface area contributed by atoms with E-state index in [0.717, 1.165) is 0 Å². The molecule has 1 aromatic heterocycles. The minimum atomic E-state index is -3.13. The number of anilines is 1. The molecular formula is C8H9ClF2N2O. The van der Waals surface area contributed by atoms with Gasteiger partial charge in [-0.05, 0) is 12.1 Å². The third kappa shape index (κ3) is 3.43. The molecule has 1 rings (SSSR count). The maximum Gasteiger partial charge on any atom is 0.287 e. The lowest BCUT2D eigenvalue weighted by Crippen LogP contribution is -2.30. The first-order valence-corrected chi connectivity index (χ1v) is 4.25. The summed E-state index contributed by atoms with van der Waals surface area (Å²) in [4.78, 5) is 3.69. The van der Waals surface area contributed by atoms with E-state index in [1.54, 1.807) is 0 Å². The first-order valence-electron chi connectivity index (χ1n) is 3.87. The molecule has 1 aromatic rings. The minimum Gasteiger partial charge on any atom is -0.390 e. The van der Waals surface area contributed by atoms with Crippen LogP contribution in [0, 0.1) is 0 Å². The van der Waals surface area contributed by atoms with E-state index in [0.29, 0.717) is 5.69 Å². The van der Waals surface area contributed by atoms with Crippen molar-refractivity contribution in [2.24, 2.45) is 0 Å². The average molecular weight is 223 g/mol. The molecule has 0 bridgehead atoms. The van der Waals surface area contributed by atoms with Crippen LogP contribution in [-0.2, 0) is 0 Å². The molecule has 1 heterocycles. The first kappa shape index (κ1) is 11.1. The van der Waals surface area contributed by atoms with Crippen LogP contribution in [0.4, 0.5) is 14.5 Å². The molecule has 0 atom stereocenters. The maximum atomic E-state index is 12.6. The summed E-state index contributed by atoms with van der Waals surface area (Å²) in [5, 5.41) is 11.0. The number of nitrogens with one attached hydrogen (secondary N) is 1. The van der Waals surface area contributed by atoms with E-state index >= 15 is 0 Å². The van der Waals surface area contributed by atoms with Gasteiger partial charge in [0.2, 0.25) is 0 Å². The molecule has 14 heavy (non-hydrogen) atoms. The summed E-state index contributed by atoms with van der Waals surface area (Å²) in [6, 6.07) is 2.94. The number of hydrogen-bond acceptors (Lipinski definition) is 3. The Bertz CT molecular complexity index is 309. The molecule has 0 spiro atoms. The van der Waals surface area contributed by atoms with Crippen LogP contribution in [0.2, 0.25) is 5.15 Å². The van der Waals surface area contributed by atoms with Crippen LogP contribution in [0.1, 0.15) is 0 Å². The highest BCUT2D eigenvalue weighted by atomic mass is 35.5. The fraction of sp³-hybridized carbons (Fsp3) is 0.375. The Balaban J connectivity index is 2.54. The van der Waals surface area contributed by atoms with Gasteiger partial charge in [-0.2, -0.15) is 0 Å². The number of pyridine rings is 1. The largest absolute Gasteiger partial charge is 0.390 e. The van der Waals surface area contributed by atoms with Gasteiger partial charge < -0.3 is 10.4 Å². The second-order valence-corrected chi connectivity index (χ2v) is 3.12. The Morgan fingerprint density at radius 1 is 1.57 bits per heavy atom. The highest BCUT2D eigenvalue weighted by Crippen LogP contribution is 2.16. The zero-order valence-corrected chi connectivity index (χ0v) is 7.93. The van der Waals surface area contributed by atoms with Crippen LogP contribution in [-0.4, -0.2) is 29.2 Å². The Labute approximate surface area is 84.7 Å². The molecule has 3 nitrogen and oxygen atoms in total. The predicted octanol–water partition coefficient (Wildman–Crippen LogP) is 1.77. The van der Waals surface area contributed by atoms with Crippen molar-refractivity contribution < 1.29 is 13.9 Å². The van der Waals surface area contributed by atoms with Crippen LogP contribution in [0.15, 0.2) is 18.3 Å². The highest BCUT2D eigenvalue weighted by molar-refractivity contribution is 6.29. The Kier molecular flexibility index (Phi) is 3.60. The van der Waals surface area contributed by atoms with E-state index in [1.807, 2.05) is 0 Å². The lowest BCUT2D eigenvalue weighted by Gasteiger charge is -2.14. The van der Waals surface area contributed by atoms with Gasteiger partial charge >= 0.3 is 0 Å². The average Bonchev–Trinajstić information content (AvgIpc) is 2.15. The van der Waals surface area contributed by atoms with Gasteiger partial charge in [-0.15, -0.1) is 0 Å². The fourth-order valence-corrected chi connectivity index (χ4v) is 0.974. The van der Waals surface area contributed by atoms with Gasteiger partial charge in [0.15, 0.2) is 0 Å². The number of rotatable bonds is 4. The van der Waals surface area contributed by atoms with Crippen LogP contribution in [0.3, 0.4) is 0 Å². The third-order valence-electron chi connectivity index (χ3n) is 1.51. The van der Waals surface area contributed by atoms with E-state index < -0.39 is 19.1 Å². The SMILES string of the molecule is OCC(F)(F)CNc1ccnc(Cl)c1. The fourth-order valence-electron chi connectivity index (χ4n) is 0.800. The number of nitrogens with zero attached hydrogens (tertiary/aromatic N) is 1. The summed E-state index contributed by atoms with van der Waals surface area (Å²) >= 11 is 5.54. The molecule has 0 unspecified atom stereocenters. The molecule has 0 radical (unpaired) electrons. The smallest absolute Gasteiger partial charge is 0.287 e. The van der Waals surface area contributed by atoms with Crippen molar-refractivity contribution in [2.45, 2.75) is 5.92 Å². The van der Waals surface area contributed by atoms with Crippen LogP contribution in [0.25, 0.3) is 0 Å². The number of aromatic nitrogens is 1. The quantitative estimate of drug-likeness (QED) is 0.764. The molecular weight excluding hydrogens is 214 g/mol. The monoisotopic (exact) mass is 222 g/mol. The predicted molar refractivity (Wildman–Crippen MR) is 49.8 cm³/mol. The number of alkyl halides is 2. The van der Waals surface area contributed by atoms with Crippen molar-refractivity contribution in [3.05, 3.63) is 23.5 Å².